The van der Waals surface area contributed by atoms with Crippen molar-refractivity contribution in [3.63, 3.8) is 0 Å². The molecule has 128 valence electrons. The smallest absolute Gasteiger partial charge is 0.260 e. The van der Waals surface area contributed by atoms with E-state index < -0.39 is 0 Å². The van der Waals surface area contributed by atoms with E-state index in [4.69, 9.17) is 16.0 Å². The predicted octanol–water partition coefficient (Wildman–Crippen LogP) is 4.70. The lowest BCUT2D eigenvalue weighted by molar-refractivity contribution is 0.0944. The number of hydrogen-bond acceptors (Lipinski definition) is 3. The van der Waals surface area contributed by atoms with Crippen LogP contribution in [0.2, 0.25) is 5.02 Å². The Balaban J connectivity index is 2.36. The number of amides is 2. The maximum atomic E-state index is 12.6. The summed E-state index contributed by atoms with van der Waals surface area (Å²) < 4.78 is 6.04. The van der Waals surface area contributed by atoms with E-state index >= 15 is 0 Å². The summed E-state index contributed by atoms with van der Waals surface area (Å²) in [6.45, 7) is 7.19. The van der Waals surface area contributed by atoms with Crippen molar-refractivity contribution in [1.82, 2.24) is 5.32 Å². The number of furan rings is 1. The highest BCUT2D eigenvalue weighted by atomic mass is 79.9. The molecule has 0 radical (unpaired) electrons. The van der Waals surface area contributed by atoms with Crippen LogP contribution in [-0.2, 0) is 0 Å². The van der Waals surface area contributed by atoms with E-state index in [2.05, 4.69) is 26.6 Å². The van der Waals surface area contributed by atoms with Gasteiger partial charge in [-0.25, -0.2) is 0 Å². The number of hydrogen-bond donors (Lipinski definition) is 2. The number of carbonyl (C=O) groups is 2. The molecule has 1 heterocycles. The molecule has 0 unspecified atom stereocenters. The normalized spacial score (nSPS) is 10.8. The van der Waals surface area contributed by atoms with E-state index in [1.165, 1.54) is 0 Å². The summed E-state index contributed by atoms with van der Waals surface area (Å²) in [6.07, 6.45) is 0. The molecule has 0 aliphatic carbocycles. The summed E-state index contributed by atoms with van der Waals surface area (Å²) in [5.41, 5.74) is 1.08. The second-order valence-corrected chi connectivity index (χ2v) is 6.91. The van der Waals surface area contributed by atoms with Gasteiger partial charge in [-0.15, -0.1) is 0 Å². The topological polar surface area (TPSA) is 71.3 Å². The highest BCUT2D eigenvalue weighted by Crippen LogP contribution is 2.29. The number of rotatable bonds is 4. The van der Waals surface area contributed by atoms with Gasteiger partial charge in [0.15, 0.2) is 0 Å². The maximum absolute atomic E-state index is 12.6. The van der Waals surface area contributed by atoms with Gasteiger partial charge in [-0.2, -0.15) is 0 Å². The Labute approximate surface area is 153 Å². The highest BCUT2D eigenvalue weighted by molar-refractivity contribution is 9.10. The number of halogens is 2. The lowest BCUT2D eigenvalue weighted by atomic mass is 10.1. The average molecular weight is 414 g/mol. The number of benzene rings is 1. The van der Waals surface area contributed by atoms with Crippen LogP contribution in [-0.4, -0.2) is 17.9 Å². The van der Waals surface area contributed by atoms with Gasteiger partial charge in [-0.3, -0.25) is 9.59 Å². The number of aryl methyl sites for hydroxylation is 2. The van der Waals surface area contributed by atoms with Crippen LogP contribution in [0.3, 0.4) is 0 Å². The molecule has 0 spiro atoms. The van der Waals surface area contributed by atoms with Gasteiger partial charge in [0.1, 0.15) is 11.5 Å². The summed E-state index contributed by atoms with van der Waals surface area (Å²) in [6, 6.07) is 4.71. The van der Waals surface area contributed by atoms with Gasteiger partial charge in [0, 0.05) is 11.1 Å². The third kappa shape index (κ3) is 3.99. The summed E-state index contributed by atoms with van der Waals surface area (Å²) in [7, 11) is 0. The SMILES string of the molecule is Cc1oc(C)c(C(=O)Nc2cc(Cl)ccc2C(=O)NC(C)C)c1Br. The fraction of sp³-hybridized carbons (Fsp3) is 0.294. The van der Waals surface area contributed by atoms with Gasteiger partial charge < -0.3 is 15.1 Å². The van der Waals surface area contributed by atoms with Crippen molar-refractivity contribution >= 4 is 45.0 Å². The minimum absolute atomic E-state index is 0.0235. The zero-order valence-electron chi connectivity index (χ0n) is 13.8. The minimum atomic E-state index is -0.378. The number of anilines is 1. The van der Waals surface area contributed by atoms with Crippen LogP contribution in [0.5, 0.6) is 0 Å². The first-order chi connectivity index (χ1) is 11.2. The Kier molecular flexibility index (Phi) is 5.72. The largest absolute Gasteiger partial charge is 0.465 e. The second kappa shape index (κ2) is 7.40. The monoisotopic (exact) mass is 412 g/mol. The highest BCUT2D eigenvalue weighted by Gasteiger charge is 2.22. The lowest BCUT2D eigenvalue weighted by Gasteiger charge is -2.13. The van der Waals surface area contributed by atoms with Crippen molar-refractivity contribution in [3.05, 3.63) is 50.3 Å². The Hall–Kier alpha value is -1.79. The molecule has 0 saturated heterocycles. The van der Waals surface area contributed by atoms with E-state index in [9.17, 15) is 9.59 Å². The molecule has 2 rings (SSSR count). The molecule has 1 aromatic heterocycles. The maximum Gasteiger partial charge on any atom is 0.260 e. The first-order valence-electron chi connectivity index (χ1n) is 7.38. The molecule has 0 bridgehead atoms. The Morgan fingerprint density at radius 3 is 2.38 bits per heavy atom. The summed E-state index contributed by atoms with van der Waals surface area (Å²) >= 11 is 9.36. The quantitative estimate of drug-likeness (QED) is 0.763. The fourth-order valence-corrected chi connectivity index (χ4v) is 2.97. The van der Waals surface area contributed by atoms with Crippen molar-refractivity contribution in [1.29, 1.82) is 0 Å². The molecular weight excluding hydrogens is 396 g/mol. The van der Waals surface area contributed by atoms with Crippen LogP contribution in [0.1, 0.15) is 46.1 Å². The van der Waals surface area contributed by atoms with Crippen LogP contribution in [0.4, 0.5) is 5.69 Å². The standard InChI is InChI=1S/C17H18BrClN2O3/c1-8(2)20-16(22)12-6-5-11(19)7-13(12)21-17(23)14-9(3)24-10(4)15(14)18/h5-8H,1-4H3,(H,20,22)(H,21,23). The molecule has 0 atom stereocenters. The van der Waals surface area contributed by atoms with Gasteiger partial charge >= 0.3 is 0 Å². The summed E-state index contributed by atoms with van der Waals surface area (Å²) in [5.74, 6) is 0.446. The van der Waals surface area contributed by atoms with Crippen LogP contribution >= 0.6 is 27.5 Å². The van der Waals surface area contributed by atoms with Crippen LogP contribution in [0.15, 0.2) is 27.1 Å². The fourth-order valence-electron chi connectivity index (χ4n) is 2.26. The summed E-state index contributed by atoms with van der Waals surface area (Å²) in [5, 5.41) is 5.96. The van der Waals surface area contributed by atoms with E-state index in [0.29, 0.717) is 37.8 Å². The van der Waals surface area contributed by atoms with E-state index in [1.807, 2.05) is 13.8 Å². The van der Waals surface area contributed by atoms with Gasteiger partial charge in [-0.05, 0) is 61.8 Å². The molecular formula is C17H18BrClN2O3. The second-order valence-electron chi connectivity index (χ2n) is 5.68. The molecule has 24 heavy (non-hydrogen) atoms. The molecule has 1 aromatic carbocycles. The minimum Gasteiger partial charge on any atom is -0.465 e. The van der Waals surface area contributed by atoms with Crippen LogP contribution in [0, 0.1) is 13.8 Å². The van der Waals surface area contributed by atoms with Crippen LogP contribution in [0.25, 0.3) is 0 Å². The molecule has 0 fully saturated rings. The Morgan fingerprint density at radius 2 is 1.83 bits per heavy atom. The van der Waals surface area contributed by atoms with Gasteiger partial charge in [-0.1, -0.05) is 11.6 Å². The molecule has 0 aliphatic heterocycles. The first kappa shape index (κ1) is 18.5. The molecule has 2 N–H and O–H groups in total. The van der Waals surface area contributed by atoms with Crippen molar-refractivity contribution < 1.29 is 14.0 Å². The molecule has 0 aliphatic rings. The number of nitrogens with one attached hydrogen (secondary N) is 2. The van der Waals surface area contributed by atoms with Gasteiger partial charge in [0.2, 0.25) is 0 Å². The van der Waals surface area contributed by atoms with Crippen molar-refractivity contribution in [2.45, 2.75) is 33.7 Å². The van der Waals surface area contributed by atoms with Crippen LogP contribution < -0.4 is 10.6 Å². The third-order valence-corrected chi connectivity index (χ3v) is 4.50. The van der Waals surface area contributed by atoms with Crippen molar-refractivity contribution in [2.75, 3.05) is 5.32 Å². The van der Waals surface area contributed by atoms with E-state index in [-0.39, 0.29) is 17.9 Å². The van der Waals surface area contributed by atoms with Gasteiger partial charge in [0.05, 0.1) is 21.3 Å². The average Bonchev–Trinajstić information content (AvgIpc) is 2.71. The van der Waals surface area contributed by atoms with E-state index in [1.54, 1.807) is 32.0 Å². The first-order valence-corrected chi connectivity index (χ1v) is 8.55. The van der Waals surface area contributed by atoms with E-state index in [0.717, 1.165) is 0 Å². The van der Waals surface area contributed by atoms with Gasteiger partial charge in [0.25, 0.3) is 11.8 Å². The Bertz CT molecular complexity index is 799. The lowest BCUT2D eigenvalue weighted by Crippen LogP contribution is -2.31. The zero-order chi connectivity index (χ0) is 18.0. The zero-order valence-corrected chi connectivity index (χ0v) is 16.1. The Morgan fingerprint density at radius 1 is 1.17 bits per heavy atom. The predicted molar refractivity (Wildman–Crippen MR) is 97.9 cm³/mol. The molecule has 7 heteroatoms. The molecule has 5 nitrogen and oxygen atoms in total. The third-order valence-electron chi connectivity index (χ3n) is 3.31. The molecule has 0 saturated carbocycles. The van der Waals surface area contributed by atoms with Crippen molar-refractivity contribution in [3.8, 4) is 0 Å². The molecule has 2 aromatic rings. The summed E-state index contributed by atoms with van der Waals surface area (Å²) in [4.78, 5) is 24.9. The molecule has 2 amide bonds. The number of carbonyl (C=O) groups excluding carboxylic acids is 2. The van der Waals surface area contributed by atoms with Crippen molar-refractivity contribution in [2.24, 2.45) is 0 Å².